The molecular formula is C30H38N4O. The monoisotopic (exact) mass is 470 g/mol. The fraction of sp³-hybridized carbons (Fsp3) is 0.333. The minimum Gasteiger partial charge on any atom is -0.438 e. The van der Waals surface area contributed by atoms with E-state index in [1.165, 1.54) is 24.0 Å². The molecule has 3 heterocycles. The molecule has 5 nitrogen and oxygen atoms in total. The Labute approximate surface area is 210 Å². The number of benzene rings is 1. The first-order valence-electron chi connectivity index (χ1n) is 12.5. The van der Waals surface area contributed by atoms with Gasteiger partial charge in [0, 0.05) is 25.3 Å². The molecule has 0 N–H and O–H groups in total. The van der Waals surface area contributed by atoms with E-state index in [9.17, 15) is 0 Å². The van der Waals surface area contributed by atoms with Crippen LogP contribution < -0.4 is 4.74 Å². The summed E-state index contributed by atoms with van der Waals surface area (Å²) in [5.41, 5.74) is 3.82. The van der Waals surface area contributed by atoms with E-state index in [1.54, 1.807) is 12.4 Å². The van der Waals surface area contributed by atoms with Gasteiger partial charge >= 0.3 is 0 Å². The van der Waals surface area contributed by atoms with Crippen LogP contribution in [-0.2, 0) is 6.42 Å². The minimum atomic E-state index is 0.439. The molecule has 3 aromatic rings. The van der Waals surface area contributed by atoms with Gasteiger partial charge in [0.1, 0.15) is 17.7 Å². The summed E-state index contributed by atoms with van der Waals surface area (Å²) >= 11 is 0. The SMILES string of the molecule is C=C/C(=C\C=C/C)Oc1ncnc2c1ccn2C1CCN(C=C)CC1.CCCc1ccccc1C. The molecule has 0 unspecified atom stereocenters. The Hall–Kier alpha value is -3.60. The van der Waals surface area contributed by atoms with Gasteiger partial charge in [0.05, 0.1) is 5.39 Å². The molecule has 0 amide bonds. The number of fused-ring (bicyclic) bond motifs is 1. The molecule has 0 bridgehead atoms. The summed E-state index contributed by atoms with van der Waals surface area (Å²) < 4.78 is 8.16. The molecule has 2 aromatic heterocycles. The standard InChI is InChI=1S/C20H24N4O.C10H14/c1-4-7-8-17(5-2)25-20-18-11-14-24(19(18)21-15-22-20)16-9-12-23(6-3)13-10-16;1-3-6-10-8-5-4-7-9(10)2/h4-8,11,14-16H,2-3,9-10,12-13H2,1H3;4-5,7-8H,3,6H2,1-2H3/b7-4-,17-8+;. The van der Waals surface area contributed by atoms with Gasteiger partial charge in [-0.2, -0.15) is 0 Å². The van der Waals surface area contributed by atoms with Crippen LogP contribution in [0.2, 0.25) is 0 Å². The third-order valence-electron chi connectivity index (χ3n) is 6.27. The Balaban J connectivity index is 0.000000287. The Morgan fingerprint density at radius 1 is 1.14 bits per heavy atom. The maximum absolute atomic E-state index is 5.92. The van der Waals surface area contributed by atoms with Crippen LogP contribution in [0.25, 0.3) is 11.0 Å². The summed E-state index contributed by atoms with van der Waals surface area (Å²) in [5.74, 6) is 1.22. The lowest BCUT2D eigenvalue weighted by Gasteiger charge is -2.31. The third-order valence-corrected chi connectivity index (χ3v) is 6.27. The highest BCUT2D eigenvalue weighted by molar-refractivity contribution is 5.81. The van der Waals surface area contributed by atoms with Crippen LogP contribution >= 0.6 is 0 Å². The van der Waals surface area contributed by atoms with Crippen LogP contribution in [-0.4, -0.2) is 32.5 Å². The number of rotatable bonds is 8. The molecule has 1 aliphatic heterocycles. The van der Waals surface area contributed by atoms with Crippen LogP contribution in [0.5, 0.6) is 5.88 Å². The number of ether oxygens (including phenoxy) is 1. The van der Waals surface area contributed by atoms with E-state index in [0.717, 1.165) is 37.0 Å². The first-order valence-corrected chi connectivity index (χ1v) is 12.5. The lowest BCUT2D eigenvalue weighted by molar-refractivity contribution is 0.247. The molecule has 0 saturated carbocycles. The van der Waals surface area contributed by atoms with Gasteiger partial charge in [-0.05, 0) is 68.7 Å². The minimum absolute atomic E-state index is 0.439. The number of hydrogen-bond donors (Lipinski definition) is 0. The molecule has 0 aliphatic carbocycles. The van der Waals surface area contributed by atoms with Crippen LogP contribution in [0.15, 0.2) is 92.3 Å². The van der Waals surface area contributed by atoms with Gasteiger partial charge in [0.25, 0.3) is 0 Å². The van der Waals surface area contributed by atoms with E-state index in [-0.39, 0.29) is 0 Å². The van der Waals surface area contributed by atoms with Gasteiger partial charge in [0.2, 0.25) is 5.88 Å². The molecule has 35 heavy (non-hydrogen) atoms. The highest BCUT2D eigenvalue weighted by Gasteiger charge is 2.21. The molecule has 1 aromatic carbocycles. The Morgan fingerprint density at radius 3 is 2.57 bits per heavy atom. The second-order valence-electron chi connectivity index (χ2n) is 8.67. The molecule has 4 rings (SSSR count). The van der Waals surface area contributed by atoms with Crippen LogP contribution in [0, 0.1) is 6.92 Å². The van der Waals surface area contributed by atoms with Gasteiger partial charge in [0.15, 0.2) is 0 Å². The first-order chi connectivity index (χ1) is 17.1. The lowest BCUT2D eigenvalue weighted by atomic mass is 10.1. The predicted molar refractivity (Wildman–Crippen MR) is 146 cm³/mol. The van der Waals surface area contributed by atoms with Crippen molar-refractivity contribution in [2.45, 2.75) is 52.5 Å². The van der Waals surface area contributed by atoms with E-state index in [4.69, 9.17) is 4.74 Å². The number of aromatic nitrogens is 3. The van der Waals surface area contributed by atoms with Crippen molar-refractivity contribution in [1.82, 2.24) is 19.4 Å². The Morgan fingerprint density at radius 2 is 1.91 bits per heavy atom. The highest BCUT2D eigenvalue weighted by atomic mass is 16.5. The number of allylic oxidation sites excluding steroid dienone is 4. The molecule has 1 fully saturated rings. The van der Waals surface area contributed by atoms with Crippen molar-refractivity contribution in [2.24, 2.45) is 0 Å². The van der Waals surface area contributed by atoms with Crippen LogP contribution in [0.1, 0.15) is 50.3 Å². The molecule has 1 saturated heterocycles. The Kier molecular flexibility index (Phi) is 9.91. The zero-order chi connectivity index (χ0) is 25.0. The fourth-order valence-electron chi connectivity index (χ4n) is 4.28. The average Bonchev–Trinajstić information content (AvgIpc) is 3.33. The number of aryl methyl sites for hydroxylation is 2. The largest absolute Gasteiger partial charge is 0.438 e. The summed E-state index contributed by atoms with van der Waals surface area (Å²) in [4.78, 5) is 11.1. The van der Waals surface area contributed by atoms with Crippen LogP contribution in [0.3, 0.4) is 0 Å². The number of hydrogen-bond acceptors (Lipinski definition) is 4. The van der Waals surface area contributed by atoms with E-state index in [1.807, 2.05) is 37.4 Å². The maximum atomic E-state index is 5.92. The van der Waals surface area contributed by atoms with Crippen molar-refractivity contribution in [3.63, 3.8) is 0 Å². The molecule has 1 aliphatic rings. The second kappa shape index (κ2) is 13.3. The van der Waals surface area contributed by atoms with Gasteiger partial charge in [-0.1, -0.05) is 62.9 Å². The second-order valence-corrected chi connectivity index (χ2v) is 8.67. The van der Waals surface area contributed by atoms with Crippen molar-refractivity contribution in [3.8, 4) is 5.88 Å². The van der Waals surface area contributed by atoms with Crippen molar-refractivity contribution >= 4 is 11.0 Å². The third kappa shape index (κ3) is 6.95. The van der Waals surface area contributed by atoms with Gasteiger partial charge in [-0.25, -0.2) is 9.97 Å². The van der Waals surface area contributed by atoms with Crippen molar-refractivity contribution in [3.05, 3.63) is 103 Å². The van der Waals surface area contributed by atoms with E-state index < -0.39 is 0 Å². The van der Waals surface area contributed by atoms with Crippen molar-refractivity contribution < 1.29 is 4.74 Å². The normalized spacial score (nSPS) is 14.6. The lowest BCUT2D eigenvalue weighted by Crippen LogP contribution is -2.30. The first kappa shape index (κ1) is 26.0. The quantitative estimate of drug-likeness (QED) is 0.258. The fourth-order valence-corrected chi connectivity index (χ4v) is 4.28. The topological polar surface area (TPSA) is 43.2 Å². The van der Waals surface area contributed by atoms with Gasteiger partial charge in [-0.15, -0.1) is 0 Å². The summed E-state index contributed by atoms with van der Waals surface area (Å²) in [7, 11) is 0. The van der Waals surface area contributed by atoms with Crippen LogP contribution in [0.4, 0.5) is 0 Å². The van der Waals surface area contributed by atoms with Crippen molar-refractivity contribution in [2.75, 3.05) is 13.1 Å². The van der Waals surface area contributed by atoms with Crippen molar-refractivity contribution in [1.29, 1.82) is 0 Å². The summed E-state index contributed by atoms with van der Waals surface area (Å²) in [5, 5.41) is 0.918. The molecule has 184 valence electrons. The predicted octanol–water partition coefficient (Wildman–Crippen LogP) is 7.18. The molecule has 0 radical (unpaired) electrons. The smallest absolute Gasteiger partial charge is 0.231 e. The number of likely N-dealkylation sites (tertiary alicyclic amines) is 1. The summed E-state index contributed by atoms with van der Waals surface area (Å²) in [6.07, 6.45) is 17.6. The number of nitrogens with zero attached hydrogens (tertiary/aromatic N) is 4. The Bertz CT molecular complexity index is 1170. The molecular weight excluding hydrogens is 432 g/mol. The van der Waals surface area contributed by atoms with Gasteiger partial charge < -0.3 is 14.2 Å². The molecule has 5 heteroatoms. The zero-order valence-electron chi connectivity index (χ0n) is 21.4. The summed E-state index contributed by atoms with van der Waals surface area (Å²) in [6.45, 7) is 16.0. The van der Waals surface area contributed by atoms with E-state index in [2.05, 4.69) is 76.9 Å². The van der Waals surface area contributed by atoms with E-state index in [0.29, 0.717) is 17.7 Å². The number of piperidine rings is 1. The zero-order valence-corrected chi connectivity index (χ0v) is 21.4. The highest BCUT2D eigenvalue weighted by Crippen LogP contribution is 2.30. The molecule has 0 atom stereocenters. The molecule has 0 spiro atoms. The van der Waals surface area contributed by atoms with E-state index >= 15 is 0 Å². The average molecular weight is 471 g/mol. The van der Waals surface area contributed by atoms with Gasteiger partial charge in [-0.3, -0.25) is 0 Å². The summed E-state index contributed by atoms with van der Waals surface area (Å²) in [6, 6.07) is 11.0. The maximum Gasteiger partial charge on any atom is 0.231 e.